The minimum absolute atomic E-state index is 0.0190. The van der Waals surface area contributed by atoms with Crippen LogP contribution < -0.4 is 0 Å². The molecule has 0 spiro atoms. The predicted octanol–water partition coefficient (Wildman–Crippen LogP) is 1.80. The van der Waals surface area contributed by atoms with Crippen molar-refractivity contribution in [3.63, 3.8) is 0 Å². The predicted molar refractivity (Wildman–Crippen MR) is 105 cm³/mol. The third-order valence-corrected chi connectivity index (χ3v) is 7.75. The van der Waals surface area contributed by atoms with Gasteiger partial charge in [0.05, 0.1) is 11.9 Å². The molecular formula is C18H25N3O3S2. The van der Waals surface area contributed by atoms with Crippen molar-refractivity contribution in [2.75, 3.05) is 32.9 Å². The summed E-state index contributed by atoms with van der Waals surface area (Å²) in [4.78, 5) is 7.76. The fraction of sp³-hybridized carbons (Fsp3) is 0.500. The Morgan fingerprint density at radius 1 is 1.31 bits per heavy atom. The second-order valence-electron chi connectivity index (χ2n) is 7.03. The Morgan fingerprint density at radius 2 is 2.04 bits per heavy atom. The van der Waals surface area contributed by atoms with Crippen molar-refractivity contribution in [3.05, 3.63) is 40.9 Å². The zero-order valence-corrected chi connectivity index (χ0v) is 16.9. The molecule has 0 saturated carbocycles. The first-order valence-electron chi connectivity index (χ1n) is 8.57. The number of thiazole rings is 1. The topological polar surface area (TPSA) is 73.7 Å². The van der Waals surface area contributed by atoms with Crippen molar-refractivity contribution in [2.24, 2.45) is 5.92 Å². The van der Waals surface area contributed by atoms with Gasteiger partial charge < -0.3 is 5.11 Å². The second-order valence-corrected chi connectivity index (χ2v) is 10.4. The fourth-order valence-corrected chi connectivity index (χ4v) is 5.40. The average molecular weight is 396 g/mol. The molecule has 1 aliphatic heterocycles. The third-order valence-electron chi connectivity index (χ3n) is 4.77. The van der Waals surface area contributed by atoms with E-state index in [-0.39, 0.29) is 11.7 Å². The molecule has 0 amide bonds. The lowest BCUT2D eigenvalue weighted by atomic mass is 10.1. The first-order chi connectivity index (χ1) is 12.3. The number of rotatable bonds is 6. The van der Waals surface area contributed by atoms with Crippen LogP contribution in [0.3, 0.4) is 0 Å². The standard InChI is InChI=1S/C18H25N3O3S2/c1-13-6-4-5-7-16(13)18-19-8-15(25-18)10-21-9-14(17(22)11-21)12-26(23,24)20(2)3/h4-8,14,17,22H,9-12H2,1-3H3/t14-,17+/m0/s1. The van der Waals surface area contributed by atoms with Crippen LogP contribution in [0.4, 0.5) is 0 Å². The molecule has 2 atom stereocenters. The Bertz CT molecular complexity index is 864. The summed E-state index contributed by atoms with van der Waals surface area (Å²) in [5.41, 5.74) is 2.33. The molecule has 2 aromatic rings. The molecule has 0 aliphatic carbocycles. The number of aromatic nitrogens is 1. The molecular weight excluding hydrogens is 370 g/mol. The number of sulfonamides is 1. The summed E-state index contributed by atoms with van der Waals surface area (Å²) in [7, 11) is -0.257. The van der Waals surface area contributed by atoms with Crippen molar-refractivity contribution >= 4 is 21.4 Å². The number of hydrogen-bond donors (Lipinski definition) is 1. The first kappa shape index (κ1) is 19.4. The maximum Gasteiger partial charge on any atom is 0.214 e. The Morgan fingerprint density at radius 3 is 2.73 bits per heavy atom. The van der Waals surface area contributed by atoms with E-state index in [1.54, 1.807) is 11.3 Å². The molecule has 1 aromatic heterocycles. The highest BCUT2D eigenvalue weighted by Gasteiger charge is 2.35. The van der Waals surface area contributed by atoms with Crippen LogP contribution in [0.25, 0.3) is 10.6 Å². The summed E-state index contributed by atoms with van der Waals surface area (Å²) < 4.78 is 25.4. The zero-order chi connectivity index (χ0) is 18.9. The maximum absolute atomic E-state index is 12.1. The van der Waals surface area contributed by atoms with Crippen LogP contribution in [0.1, 0.15) is 10.4 Å². The molecule has 0 unspecified atom stereocenters. The average Bonchev–Trinajstić information content (AvgIpc) is 3.15. The van der Waals surface area contributed by atoms with Crippen molar-refractivity contribution in [1.82, 2.24) is 14.2 Å². The maximum atomic E-state index is 12.1. The number of aliphatic hydroxyl groups is 1. The molecule has 3 rings (SSSR count). The summed E-state index contributed by atoms with van der Waals surface area (Å²) in [6.07, 6.45) is 1.26. The van der Waals surface area contributed by atoms with Crippen LogP contribution >= 0.6 is 11.3 Å². The number of hydrogen-bond acceptors (Lipinski definition) is 6. The number of benzene rings is 1. The van der Waals surface area contributed by atoms with Gasteiger partial charge in [-0.05, 0) is 12.5 Å². The summed E-state index contributed by atoms with van der Waals surface area (Å²) in [5.74, 6) is -0.277. The molecule has 0 bridgehead atoms. The van der Waals surface area contributed by atoms with Gasteiger partial charge in [-0.2, -0.15) is 0 Å². The Labute approximate surface area is 159 Å². The van der Waals surface area contributed by atoms with Gasteiger partial charge >= 0.3 is 0 Å². The molecule has 8 heteroatoms. The summed E-state index contributed by atoms with van der Waals surface area (Å²) >= 11 is 1.65. The Hall–Kier alpha value is -1.32. The van der Waals surface area contributed by atoms with Gasteiger partial charge in [-0.3, -0.25) is 4.90 Å². The first-order valence-corrected chi connectivity index (χ1v) is 11.0. The Kier molecular flexibility index (Phi) is 5.78. The third kappa shape index (κ3) is 4.32. The smallest absolute Gasteiger partial charge is 0.214 e. The lowest BCUT2D eigenvalue weighted by molar-refractivity contribution is 0.148. The molecule has 0 radical (unpaired) electrons. The quantitative estimate of drug-likeness (QED) is 0.807. The van der Waals surface area contributed by atoms with Gasteiger partial charge in [0, 0.05) is 56.3 Å². The highest BCUT2D eigenvalue weighted by molar-refractivity contribution is 7.89. The minimum Gasteiger partial charge on any atom is -0.391 e. The van der Waals surface area contributed by atoms with Crippen molar-refractivity contribution in [1.29, 1.82) is 0 Å². The highest BCUT2D eigenvalue weighted by atomic mass is 32.2. The molecule has 142 valence electrons. The van der Waals surface area contributed by atoms with Crippen LogP contribution in [-0.2, 0) is 16.6 Å². The van der Waals surface area contributed by atoms with E-state index >= 15 is 0 Å². The normalized spacial score (nSPS) is 21.6. The number of likely N-dealkylation sites (tertiary alicyclic amines) is 1. The fourth-order valence-electron chi connectivity index (χ4n) is 3.19. The van der Waals surface area contributed by atoms with Gasteiger partial charge in [0.1, 0.15) is 5.01 Å². The zero-order valence-electron chi connectivity index (χ0n) is 15.3. The molecule has 1 saturated heterocycles. The summed E-state index contributed by atoms with van der Waals surface area (Å²) in [5, 5.41) is 11.3. The van der Waals surface area contributed by atoms with Gasteiger partial charge in [0.2, 0.25) is 10.0 Å². The second kappa shape index (κ2) is 7.74. The molecule has 1 N–H and O–H groups in total. The molecule has 2 heterocycles. The van der Waals surface area contributed by atoms with Gasteiger partial charge in [0.25, 0.3) is 0 Å². The van der Waals surface area contributed by atoms with Gasteiger partial charge in [-0.25, -0.2) is 17.7 Å². The van der Waals surface area contributed by atoms with Gasteiger partial charge in [-0.1, -0.05) is 24.3 Å². The van der Waals surface area contributed by atoms with Crippen molar-refractivity contribution in [2.45, 2.75) is 19.6 Å². The van der Waals surface area contributed by atoms with Gasteiger partial charge in [-0.15, -0.1) is 11.3 Å². The van der Waals surface area contributed by atoms with Crippen LogP contribution in [-0.4, -0.2) is 66.8 Å². The Balaban J connectivity index is 1.65. The SMILES string of the molecule is Cc1ccccc1-c1ncc(CN2C[C@@H](CS(=O)(=O)N(C)C)[C@H](O)C2)s1. The van der Waals surface area contributed by atoms with E-state index in [0.717, 1.165) is 15.4 Å². The van der Waals surface area contributed by atoms with Crippen LogP contribution in [0.15, 0.2) is 30.5 Å². The van der Waals surface area contributed by atoms with Crippen LogP contribution in [0.2, 0.25) is 0 Å². The largest absolute Gasteiger partial charge is 0.391 e. The van der Waals surface area contributed by atoms with Crippen LogP contribution in [0, 0.1) is 12.8 Å². The summed E-state index contributed by atoms with van der Waals surface area (Å²) in [6.45, 7) is 3.82. The molecule has 1 fully saturated rings. The van der Waals surface area contributed by atoms with E-state index in [1.807, 2.05) is 18.3 Å². The van der Waals surface area contributed by atoms with Gasteiger partial charge in [0.15, 0.2) is 0 Å². The van der Waals surface area contributed by atoms with E-state index in [2.05, 4.69) is 28.9 Å². The highest BCUT2D eigenvalue weighted by Crippen LogP contribution is 2.29. The number of β-amino-alcohol motifs (C(OH)–C–C–N with tert-alkyl or cyclic N) is 1. The molecule has 1 aliphatic rings. The van der Waals surface area contributed by atoms with E-state index < -0.39 is 16.1 Å². The lowest BCUT2D eigenvalue weighted by Crippen LogP contribution is -2.33. The van der Waals surface area contributed by atoms with E-state index in [1.165, 1.54) is 24.0 Å². The molecule has 6 nitrogen and oxygen atoms in total. The van der Waals surface area contributed by atoms with Crippen molar-refractivity contribution < 1.29 is 13.5 Å². The minimum atomic E-state index is -3.31. The van der Waals surface area contributed by atoms with E-state index in [4.69, 9.17) is 0 Å². The number of nitrogens with zero attached hydrogens (tertiary/aromatic N) is 3. The number of aryl methyl sites for hydroxylation is 1. The monoisotopic (exact) mass is 395 g/mol. The van der Waals surface area contributed by atoms with E-state index in [0.29, 0.717) is 19.6 Å². The summed E-state index contributed by atoms with van der Waals surface area (Å²) in [6, 6.07) is 8.17. The number of aliphatic hydroxyl groups excluding tert-OH is 1. The molecule has 1 aromatic carbocycles. The molecule has 26 heavy (non-hydrogen) atoms. The van der Waals surface area contributed by atoms with Crippen LogP contribution in [0.5, 0.6) is 0 Å². The lowest BCUT2D eigenvalue weighted by Gasteiger charge is -2.17. The van der Waals surface area contributed by atoms with Crippen molar-refractivity contribution in [3.8, 4) is 10.6 Å². The van der Waals surface area contributed by atoms with E-state index in [9.17, 15) is 13.5 Å².